The summed E-state index contributed by atoms with van der Waals surface area (Å²) in [5.41, 5.74) is 3.19. The van der Waals surface area contributed by atoms with E-state index in [1.54, 1.807) is 0 Å². The van der Waals surface area contributed by atoms with E-state index >= 15 is 0 Å². The fourth-order valence-corrected chi connectivity index (χ4v) is 5.14. The molecule has 0 saturated carbocycles. The number of aliphatic hydroxyl groups is 1. The number of ether oxygens (including phenoxy) is 3. The third-order valence-corrected chi connectivity index (χ3v) is 6.89. The van der Waals surface area contributed by atoms with Crippen molar-refractivity contribution in [1.29, 1.82) is 0 Å². The van der Waals surface area contributed by atoms with Crippen molar-refractivity contribution in [3.8, 4) is 0 Å². The number of benzene rings is 3. The van der Waals surface area contributed by atoms with E-state index in [9.17, 15) is 5.11 Å². The number of hydrogen-bond donors (Lipinski definition) is 1. The van der Waals surface area contributed by atoms with Crippen LogP contribution in [0.25, 0.3) is 0 Å². The van der Waals surface area contributed by atoms with E-state index in [1.807, 2.05) is 102 Å². The Bertz CT molecular complexity index is 1220. The predicted octanol–water partition coefficient (Wildman–Crippen LogP) is 5.46. The highest BCUT2D eigenvalue weighted by Gasteiger charge is 2.46. The summed E-state index contributed by atoms with van der Waals surface area (Å²) < 4.78 is 22.4. The van der Waals surface area contributed by atoms with Crippen LogP contribution in [-0.4, -0.2) is 33.5 Å². The Morgan fingerprint density at radius 1 is 0.694 bits per heavy atom. The molecular formula is C29H29IN2O4. The zero-order valence-corrected chi connectivity index (χ0v) is 22.0. The van der Waals surface area contributed by atoms with Gasteiger partial charge in [-0.1, -0.05) is 91.0 Å². The maximum absolute atomic E-state index is 10.5. The van der Waals surface area contributed by atoms with Crippen molar-refractivity contribution in [3.63, 3.8) is 0 Å². The lowest BCUT2D eigenvalue weighted by molar-refractivity contribution is -0.186. The maximum atomic E-state index is 10.5. The van der Waals surface area contributed by atoms with Crippen molar-refractivity contribution in [1.82, 2.24) is 9.55 Å². The van der Waals surface area contributed by atoms with E-state index in [0.29, 0.717) is 19.8 Å². The number of rotatable bonds is 10. The SMILES string of the molecule is OC[C@@H]1[C@@H](OCc2ccccc2)[C@H](OCc2ccccc2)[C@@H](OCc2ccccc2)c2nc(I)cn21. The van der Waals surface area contributed by atoms with Crippen LogP contribution in [0.1, 0.15) is 34.7 Å². The maximum Gasteiger partial charge on any atom is 0.144 e. The molecule has 0 amide bonds. The van der Waals surface area contributed by atoms with Crippen LogP contribution in [0, 0.1) is 3.70 Å². The Hall–Kier alpha value is -2.56. The Morgan fingerprint density at radius 2 is 1.17 bits per heavy atom. The van der Waals surface area contributed by atoms with Crippen LogP contribution in [0.2, 0.25) is 0 Å². The van der Waals surface area contributed by atoms with Gasteiger partial charge in [0.05, 0.1) is 32.5 Å². The first-order valence-corrected chi connectivity index (χ1v) is 13.1. The number of hydrogen-bond acceptors (Lipinski definition) is 5. The fourth-order valence-electron chi connectivity index (χ4n) is 4.59. The third-order valence-electron chi connectivity index (χ3n) is 6.37. The van der Waals surface area contributed by atoms with Gasteiger partial charge in [0.15, 0.2) is 0 Å². The summed E-state index contributed by atoms with van der Waals surface area (Å²) in [6.45, 7) is 1.11. The van der Waals surface area contributed by atoms with Gasteiger partial charge in [0.1, 0.15) is 27.8 Å². The smallest absolute Gasteiger partial charge is 0.144 e. The number of imidazole rings is 1. The highest BCUT2D eigenvalue weighted by Crippen LogP contribution is 2.39. The number of fused-ring (bicyclic) bond motifs is 1. The molecule has 2 heterocycles. The van der Waals surface area contributed by atoms with E-state index in [0.717, 1.165) is 26.2 Å². The van der Waals surface area contributed by atoms with Gasteiger partial charge in [0.25, 0.3) is 0 Å². The molecule has 5 rings (SSSR count). The summed E-state index contributed by atoms with van der Waals surface area (Å²) in [6, 6.07) is 29.8. The molecule has 1 aliphatic rings. The molecule has 7 heteroatoms. The van der Waals surface area contributed by atoms with E-state index in [2.05, 4.69) is 22.6 Å². The van der Waals surface area contributed by atoms with Gasteiger partial charge in [-0.2, -0.15) is 0 Å². The molecule has 0 bridgehead atoms. The molecule has 6 nitrogen and oxygen atoms in total. The molecule has 0 unspecified atom stereocenters. The molecule has 0 spiro atoms. The van der Waals surface area contributed by atoms with Gasteiger partial charge >= 0.3 is 0 Å². The van der Waals surface area contributed by atoms with Crippen molar-refractivity contribution in [2.75, 3.05) is 6.61 Å². The molecule has 0 fully saturated rings. The molecule has 0 radical (unpaired) electrons. The average molecular weight is 596 g/mol. The predicted molar refractivity (Wildman–Crippen MR) is 145 cm³/mol. The lowest BCUT2D eigenvalue weighted by Gasteiger charge is -2.42. The summed E-state index contributed by atoms with van der Waals surface area (Å²) in [4.78, 5) is 4.78. The van der Waals surface area contributed by atoms with E-state index in [1.165, 1.54) is 0 Å². The highest BCUT2D eigenvalue weighted by atomic mass is 127. The number of aromatic nitrogens is 2. The molecule has 4 aromatic rings. The lowest BCUT2D eigenvalue weighted by Crippen LogP contribution is -2.49. The van der Waals surface area contributed by atoms with Gasteiger partial charge in [-0.25, -0.2) is 4.98 Å². The number of aliphatic hydroxyl groups excluding tert-OH is 1. The summed E-state index contributed by atoms with van der Waals surface area (Å²) in [5.74, 6) is 0.743. The second-order valence-electron chi connectivity index (χ2n) is 8.82. The largest absolute Gasteiger partial charge is 0.394 e. The van der Waals surface area contributed by atoms with Crippen LogP contribution in [0.4, 0.5) is 0 Å². The van der Waals surface area contributed by atoms with Gasteiger partial charge in [0, 0.05) is 6.20 Å². The van der Waals surface area contributed by atoms with Crippen molar-refractivity contribution in [2.24, 2.45) is 0 Å². The average Bonchev–Trinajstić information content (AvgIpc) is 3.32. The molecule has 0 saturated heterocycles. The van der Waals surface area contributed by atoms with Gasteiger partial charge in [-0.15, -0.1) is 0 Å². The van der Waals surface area contributed by atoms with Crippen LogP contribution in [0.3, 0.4) is 0 Å². The molecule has 1 aliphatic heterocycles. The minimum Gasteiger partial charge on any atom is -0.394 e. The highest BCUT2D eigenvalue weighted by molar-refractivity contribution is 14.1. The Morgan fingerprint density at radius 3 is 1.67 bits per heavy atom. The zero-order chi connectivity index (χ0) is 24.7. The zero-order valence-electron chi connectivity index (χ0n) is 19.8. The first-order chi connectivity index (χ1) is 17.7. The summed E-state index contributed by atoms with van der Waals surface area (Å²) in [7, 11) is 0. The van der Waals surface area contributed by atoms with Crippen molar-refractivity contribution < 1.29 is 19.3 Å². The lowest BCUT2D eigenvalue weighted by atomic mass is 9.95. The molecule has 1 aromatic heterocycles. The normalized spacial score (nSPS) is 21.3. The molecule has 3 aromatic carbocycles. The molecule has 186 valence electrons. The van der Waals surface area contributed by atoms with E-state index in [-0.39, 0.29) is 12.6 Å². The van der Waals surface area contributed by atoms with Crippen LogP contribution >= 0.6 is 22.6 Å². The minimum atomic E-state index is -0.472. The van der Waals surface area contributed by atoms with Gasteiger partial charge < -0.3 is 23.9 Å². The van der Waals surface area contributed by atoms with Crippen LogP contribution < -0.4 is 0 Å². The minimum absolute atomic E-state index is 0.102. The second kappa shape index (κ2) is 12.1. The van der Waals surface area contributed by atoms with Crippen LogP contribution in [0.5, 0.6) is 0 Å². The molecule has 36 heavy (non-hydrogen) atoms. The molecular weight excluding hydrogens is 567 g/mol. The van der Waals surface area contributed by atoms with Crippen molar-refractivity contribution in [3.05, 3.63) is 123 Å². The third kappa shape index (κ3) is 5.87. The van der Waals surface area contributed by atoms with Crippen molar-refractivity contribution >= 4 is 22.6 Å². The molecule has 0 aliphatic carbocycles. The first kappa shape index (κ1) is 25.1. The summed E-state index contributed by atoms with van der Waals surface area (Å²) in [5, 5.41) is 10.5. The van der Waals surface area contributed by atoms with Crippen molar-refractivity contribution in [2.45, 2.75) is 44.2 Å². The van der Waals surface area contributed by atoms with Gasteiger partial charge in [0.2, 0.25) is 0 Å². The monoisotopic (exact) mass is 596 g/mol. The van der Waals surface area contributed by atoms with Gasteiger partial charge in [-0.3, -0.25) is 0 Å². The summed E-state index contributed by atoms with van der Waals surface area (Å²) >= 11 is 2.20. The fraction of sp³-hybridized carbons (Fsp3) is 0.276. The van der Waals surface area contributed by atoms with E-state index in [4.69, 9.17) is 19.2 Å². The Balaban J connectivity index is 1.47. The topological polar surface area (TPSA) is 65.7 Å². The first-order valence-electron chi connectivity index (χ1n) is 12.0. The summed E-state index contributed by atoms with van der Waals surface area (Å²) in [6.07, 6.45) is 0.556. The number of halogens is 1. The second-order valence-corrected chi connectivity index (χ2v) is 9.92. The van der Waals surface area contributed by atoms with E-state index < -0.39 is 18.3 Å². The molecule has 4 atom stereocenters. The Labute approximate surface area is 225 Å². The van der Waals surface area contributed by atoms with Gasteiger partial charge in [-0.05, 0) is 39.3 Å². The van der Waals surface area contributed by atoms with Crippen LogP contribution in [-0.2, 0) is 34.0 Å². The van der Waals surface area contributed by atoms with Crippen LogP contribution in [0.15, 0.2) is 97.2 Å². The quantitative estimate of drug-likeness (QED) is 0.247. The number of nitrogens with zero attached hydrogens (tertiary/aromatic N) is 2. The molecule has 1 N–H and O–H groups in total. The standard InChI is InChI=1S/C29H29IN2O4/c30-25-16-32-24(17-33)26(34-18-21-10-4-1-5-11-21)27(35-19-22-12-6-2-7-13-22)28(29(32)31-25)36-20-23-14-8-3-9-15-23/h1-16,24,26-28,33H,17-20H2/t24-,26-,27+,28-/m1/s1. The Kier molecular flexibility index (Phi) is 8.45.